The molecule has 14 heavy (non-hydrogen) atoms. The summed E-state index contributed by atoms with van der Waals surface area (Å²) in [5.41, 5.74) is 0. The summed E-state index contributed by atoms with van der Waals surface area (Å²) in [7, 11) is -1.79. The molecule has 0 aromatic rings. The molecule has 0 spiro atoms. The van der Waals surface area contributed by atoms with Crippen LogP contribution in [-0.2, 0) is 10.1 Å². The summed E-state index contributed by atoms with van der Waals surface area (Å²) in [5.74, 6) is -0.662. The number of hydrogen-bond acceptors (Lipinski definition) is 4. The predicted octanol–water partition coefficient (Wildman–Crippen LogP) is 0.294. The lowest BCUT2D eigenvalue weighted by atomic mass is 10.1. The van der Waals surface area contributed by atoms with Crippen molar-refractivity contribution in [1.29, 1.82) is 0 Å². The van der Waals surface area contributed by atoms with Gasteiger partial charge in [-0.05, 0) is 20.5 Å². The molecule has 0 aliphatic carbocycles. The molecule has 0 radical (unpaired) electrons. The minimum atomic E-state index is -4.55. The van der Waals surface area contributed by atoms with Gasteiger partial charge in [-0.15, -0.1) is 6.58 Å². The number of rotatable bonds is 5. The molecule has 6 heteroatoms. The lowest BCUT2D eigenvalue weighted by molar-refractivity contribution is -0.0538. The first-order valence-corrected chi connectivity index (χ1v) is 5.59. The van der Waals surface area contributed by atoms with E-state index in [1.165, 1.54) is 27.1 Å². The SMILES string of the molecule is C=CCC(C)C(O)(N(C)C)S(=O)(=O)O. The summed E-state index contributed by atoms with van der Waals surface area (Å²) in [5, 5.41) is 7.60. The minimum Gasteiger partial charge on any atom is -0.361 e. The highest BCUT2D eigenvalue weighted by Gasteiger charge is 2.47. The lowest BCUT2D eigenvalue weighted by Gasteiger charge is -2.35. The summed E-state index contributed by atoms with van der Waals surface area (Å²) in [6.07, 6.45) is 1.78. The fraction of sp³-hybridized carbons (Fsp3) is 0.750. The van der Waals surface area contributed by atoms with Crippen LogP contribution in [0.5, 0.6) is 0 Å². The van der Waals surface area contributed by atoms with Gasteiger partial charge in [-0.25, -0.2) is 0 Å². The molecule has 0 fully saturated rings. The minimum absolute atomic E-state index is 0.286. The summed E-state index contributed by atoms with van der Waals surface area (Å²) >= 11 is 0. The quantitative estimate of drug-likeness (QED) is 0.398. The van der Waals surface area contributed by atoms with Gasteiger partial charge in [0.05, 0.1) is 0 Å². The standard InChI is InChI=1S/C8H17NO4S/c1-5-6-7(2)8(10,9(3)4)14(11,12)13/h5,7,10H,1,6H2,2-4H3,(H,11,12,13). The highest BCUT2D eigenvalue weighted by molar-refractivity contribution is 7.87. The highest BCUT2D eigenvalue weighted by Crippen LogP contribution is 2.28. The summed E-state index contributed by atoms with van der Waals surface area (Å²) in [6, 6.07) is 0. The van der Waals surface area contributed by atoms with E-state index in [-0.39, 0.29) is 6.42 Å². The van der Waals surface area contributed by atoms with E-state index in [9.17, 15) is 13.5 Å². The smallest absolute Gasteiger partial charge is 0.310 e. The van der Waals surface area contributed by atoms with Crippen molar-refractivity contribution >= 4 is 10.1 Å². The molecule has 2 N–H and O–H groups in total. The third kappa shape index (κ3) is 2.33. The van der Waals surface area contributed by atoms with Gasteiger partial charge in [0.15, 0.2) is 0 Å². The van der Waals surface area contributed by atoms with Gasteiger partial charge in [0, 0.05) is 5.92 Å². The topological polar surface area (TPSA) is 77.8 Å². The van der Waals surface area contributed by atoms with Crippen molar-refractivity contribution in [3.05, 3.63) is 12.7 Å². The van der Waals surface area contributed by atoms with E-state index in [2.05, 4.69) is 6.58 Å². The molecule has 2 unspecified atom stereocenters. The Balaban J connectivity index is 5.21. The number of nitrogens with zero attached hydrogens (tertiary/aromatic N) is 1. The van der Waals surface area contributed by atoms with Crippen LogP contribution < -0.4 is 0 Å². The molecule has 0 amide bonds. The Bertz CT molecular complexity index is 298. The fourth-order valence-corrected chi connectivity index (χ4v) is 2.40. The van der Waals surface area contributed by atoms with Crippen molar-refractivity contribution in [2.24, 2.45) is 5.92 Å². The van der Waals surface area contributed by atoms with Crippen LogP contribution in [0.25, 0.3) is 0 Å². The first-order chi connectivity index (χ1) is 6.17. The van der Waals surface area contributed by atoms with Gasteiger partial charge < -0.3 is 5.11 Å². The molecular weight excluding hydrogens is 206 g/mol. The summed E-state index contributed by atoms with van der Waals surface area (Å²) in [6.45, 7) is 4.97. The Morgan fingerprint density at radius 1 is 1.57 bits per heavy atom. The Hall–Kier alpha value is -0.430. The van der Waals surface area contributed by atoms with Crippen molar-refractivity contribution < 1.29 is 18.1 Å². The first kappa shape index (κ1) is 13.6. The van der Waals surface area contributed by atoms with E-state index in [1.54, 1.807) is 0 Å². The molecule has 0 saturated heterocycles. The van der Waals surface area contributed by atoms with E-state index in [0.29, 0.717) is 0 Å². The van der Waals surface area contributed by atoms with E-state index in [0.717, 1.165) is 4.90 Å². The van der Waals surface area contributed by atoms with Gasteiger partial charge in [-0.3, -0.25) is 9.45 Å². The van der Waals surface area contributed by atoms with Crippen LogP contribution in [0.2, 0.25) is 0 Å². The molecule has 0 rings (SSSR count). The Morgan fingerprint density at radius 3 is 2.21 bits per heavy atom. The van der Waals surface area contributed by atoms with E-state index in [1.807, 2.05) is 0 Å². The van der Waals surface area contributed by atoms with Gasteiger partial charge in [-0.2, -0.15) is 8.42 Å². The van der Waals surface area contributed by atoms with Crippen molar-refractivity contribution in [2.75, 3.05) is 14.1 Å². The lowest BCUT2D eigenvalue weighted by Crippen LogP contribution is -2.55. The molecule has 0 heterocycles. The Kier molecular flexibility index (Phi) is 4.26. The van der Waals surface area contributed by atoms with Crippen LogP contribution in [0.3, 0.4) is 0 Å². The second kappa shape index (κ2) is 4.39. The Labute approximate surface area is 84.8 Å². The molecule has 0 aliphatic rings. The van der Waals surface area contributed by atoms with Crippen molar-refractivity contribution in [1.82, 2.24) is 4.90 Å². The Morgan fingerprint density at radius 2 is 2.00 bits per heavy atom. The molecule has 0 aliphatic heterocycles. The van der Waals surface area contributed by atoms with Crippen LogP contribution >= 0.6 is 0 Å². The number of hydrogen-bond donors (Lipinski definition) is 2. The van der Waals surface area contributed by atoms with Gasteiger partial charge in [0.25, 0.3) is 5.06 Å². The highest BCUT2D eigenvalue weighted by atomic mass is 32.2. The number of aliphatic hydroxyl groups is 1. The van der Waals surface area contributed by atoms with E-state index < -0.39 is 21.1 Å². The first-order valence-electron chi connectivity index (χ1n) is 4.15. The zero-order valence-electron chi connectivity index (χ0n) is 8.64. The van der Waals surface area contributed by atoms with E-state index in [4.69, 9.17) is 4.55 Å². The van der Waals surface area contributed by atoms with Crippen LogP contribution in [0, 0.1) is 5.92 Å². The third-order valence-corrected chi connectivity index (χ3v) is 3.71. The molecule has 0 bridgehead atoms. The fourth-order valence-electron chi connectivity index (χ4n) is 1.33. The molecular formula is C8H17NO4S. The maximum absolute atomic E-state index is 11.0. The maximum Gasteiger partial charge on any atom is 0.310 e. The zero-order valence-corrected chi connectivity index (χ0v) is 9.45. The van der Waals surface area contributed by atoms with Gasteiger partial charge in [0.2, 0.25) is 0 Å². The maximum atomic E-state index is 11.0. The van der Waals surface area contributed by atoms with Crippen LogP contribution in [0.4, 0.5) is 0 Å². The molecule has 0 aromatic heterocycles. The molecule has 0 saturated carbocycles. The monoisotopic (exact) mass is 223 g/mol. The van der Waals surface area contributed by atoms with Gasteiger partial charge in [-0.1, -0.05) is 13.0 Å². The van der Waals surface area contributed by atoms with Crippen LogP contribution in [0.15, 0.2) is 12.7 Å². The van der Waals surface area contributed by atoms with Crippen molar-refractivity contribution in [2.45, 2.75) is 18.4 Å². The molecule has 0 aromatic carbocycles. The normalized spacial score (nSPS) is 19.0. The van der Waals surface area contributed by atoms with Crippen molar-refractivity contribution in [3.8, 4) is 0 Å². The van der Waals surface area contributed by atoms with Crippen LogP contribution in [-0.4, -0.2) is 42.1 Å². The van der Waals surface area contributed by atoms with E-state index >= 15 is 0 Å². The van der Waals surface area contributed by atoms with Gasteiger partial charge in [0.1, 0.15) is 0 Å². The number of allylic oxidation sites excluding steroid dienone is 1. The average Bonchev–Trinajstić information content (AvgIpc) is 2.00. The summed E-state index contributed by atoms with van der Waals surface area (Å²) < 4.78 is 31.0. The summed E-state index contributed by atoms with van der Waals surface area (Å²) in [4.78, 5) is 1.07. The van der Waals surface area contributed by atoms with Crippen molar-refractivity contribution in [3.63, 3.8) is 0 Å². The molecule has 84 valence electrons. The van der Waals surface area contributed by atoms with Crippen LogP contribution in [0.1, 0.15) is 13.3 Å². The predicted molar refractivity (Wildman–Crippen MR) is 54.2 cm³/mol. The second-order valence-electron chi connectivity index (χ2n) is 3.45. The van der Waals surface area contributed by atoms with Gasteiger partial charge >= 0.3 is 10.1 Å². The average molecular weight is 223 g/mol. The third-order valence-electron chi connectivity index (χ3n) is 2.18. The largest absolute Gasteiger partial charge is 0.361 e. The molecule has 5 nitrogen and oxygen atoms in total. The zero-order chi connectivity index (χ0) is 11.6. The molecule has 2 atom stereocenters. The second-order valence-corrected chi connectivity index (χ2v) is 5.00.